The van der Waals surface area contributed by atoms with Crippen molar-refractivity contribution in [1.29, 1.82) is 0 Å². The van der Waals surface area contributed by atoms with Crippen LogP contribution in [-0.2, 0) is 25.5 Å². The second-order valence-electron chi connectivity index (χ2n) is 14.9. The topological polar surface area (TPSA) is 84.5 Å². The Morgan fingerprint density at radius 2 is 1.36 bits per heavy atom. The first-order valence-electron chi connectivity index (χ1n) is 17.2. The monoisotopic (exact) mass is 640 g/mol. The molecule has 0 bridgehead atoms. The third kappa shape index (κ3) is 12.7. The second-order valence-corrected chi connectivity index (χ2v) is 14.9. The van der Waals surface area contributed by atoms with Gasteiger partial charge in [0, 0.05) is 5.92 Å². The molecule has 6 nitrogen and oxygen atoms in total. The number of ether oxygens (including phenoxy) is 1. The van der Waals surface area contributed by atoms with Crippen molar-refractivity contribution < 1.29 is 19.1 Å². The maximum absolute atomic E-state index is 13.7. The molecule has 3 atom stereocenters. The van der Waals surface area contributed by atoms with Gasteiger partial charge in [-0.05, 0) is 87.1 Å². The predicted molar refractivity (Wildman–Crippen MR) is 192 cm³/mol. The largest absolute Gasteiger partial charge is 0.460 e. The van der Waals surface area contributed by atoms with Gasteiger partial charge in [-0.1, -0.05) is 119 Å². The van der Waals surface area contributed by atoms with Crippen LogP contribution < -0.4 is 10.6 Å². The lowest BCUT2D eigenvalue weighted by atomic mass is 9.85. The first-order chi connectivity index (χ1) is 22.1. The third-order valence-electron chi connectivity index (χ3n) is 8.42. The number of benzene rings is 3. The van der Waals surface area contributed by atoms with Crippen LogP contribution in [0.2, 0.25) is 0 Å². The van der Waals surface area contributed by atoms with Crippen molar-refractivity contribution in [3.05, 3.63) is 95.6 Å². The number of esters is 1. The molecular weight excluding hydrogens is 584 g/mol. The summed E-state index contributed by atoms with van der Waals surface area (Å²) in [6.07, 6.45) is 5.39. The third-order valence-corrected chi connectivity index (χ3v) is 8.42. The van der Waals surface area contributed by atoms with Crippen LogP contribution in [0.5, 0.6) is 0 Å². The Kier molecular flexibility index (Phi) is 13.8. The molecule has 47 heavy (non-hydrogen) atoms. The summed E-state index contributed by atoms with van der Waals surface area (Å²) in [7, 11) is 0. The minimum atomic E-state index is -0.765. The molecule has 0 spiro atoms. The second kappa shape index (κ2) is 17.3. The number of amides is 2. The predicted octanol–water partition coefficient (Wildman–Crippen LogP) is 8.91. The highest BCUT2D eigenvalue weighted by Crippen LogP contribution is 2.26. The van der Waals surface area contributed by atoms with Crippen LogP contribution in [0.1, 0.15) is 110 Å². The summed E-state index contributed by atoms with van der Waals surface area (Å²) in [6.45, 7) is 15.4. The zero-order chi connectivity index (χ0) is 34.6. The van der Waals surface area contributed by atoms with Crippen LogP contribution >= 0.6 is 0 Å². The van der Waals surface area contributed by atoms with Gasteiger partial charge in [0.05, 0.1) is 12.5 Å². The highest BCUT2D eigenvalue weighted by atomic mass is 16.6. The zero-order valence-electron chi connectivity index (χ0n) is 29.8. The van der Waals surface area contributed by atoms with Crippen LogP contribution in [0, 0.1) is 18.3 Å². The number of hydrogen-bond donors (Lipinski definition) is 2. The minimum Gasteiger partial charge on any atom is -0.460 e. The summed E-state index contributed by atoms with van der Waals surface area (Å²) in [4.78, 5) is 40.1. The van der Waals surface area contributed by atoms with E-state index in [4.69, 9.17) is 4.74 Å². The standard InChI is InChI=1S/C41H56N2O4/c1-29-27-31(25-26-35(29)33-22-17-12-18-23-33)19-13-9-10-14-24-34(28-36(44)47-41(6,7)8)38(45)43-37(40(3,4)5)39(46)42-30(2)32-20-15-11-16-21-32/h11-12,15-18,20-23,25-27,30,34,37H,9-10,13-14,19,24,28H2,1-8H3,(H,42,46)(H,43,45)/t30-,34-,37-/m1/s1. The molecule has 0 heterocycles. The van der Waals surface area contributed by atoms with Crippen LogP contribution in [0.3, 0.4) is 0 Å². The van der Waals surface area contributed by atoms with E-state index in [1.807, 2.05) is 84.9 Å². The maximum Gasteiger partial charge on any atom is 0.307 e. The van der Waals surface area contributed by atoms with Crippen molar-refractivity contribution in [1.82, 2.24) is 10.6 Å². The fraction of sp³-hybridized carbons (Fsp3) is 0.488. The van der Waals surface area contributed by atoms with E-state index in [0.717, 1.165) is 37.7 Å². The summed E-state index contributed by atoms with van der Waals surface area (Å²) in [5.41, 5.74) is 4.92. The van der Waals surface area contributed by atoms with Gasteiger partial charge in [-0.15, -0.1) is 0 Å². The lowest BCUT2D eigenvalue weighted by Crippen LogP contribution is -2.55. The van der Waals surface area contributed by atoms with Gasteiger partial charge in [-0.25, -0.2) is 0 Å². The van der Waals surface area contributed by atoms with Gasteiger partial charge < -0.3 is 15.4 Å². The molecule has 3 rings (SSSR count). The van der Waals surface area contributed by atoms with E-state index in [2.05, 4.69) is 60.0 Å². The molecule has 0 aliphatic rings. The molecule has 0 radical (unpaired) electrons. The average molecular weight is 641 g/mol. The smallest absolute Gasteiger partial charge is 0.307 e. The SMILES string of the molecule is Cc1cc(CCCCCC[C@H](CC(=O)OC(C)(C)C)C(=O)N[C@H](C(=O)N[C@H](C)c2ccccc2)C(C)(C)C)ccc1-c1ccccc1. The number of carbonyl (C=O) groups excluding carboxylic acids is 3. The highest BCUT2D eigenvalue weighted by molar-refractivity contribution is 5.90. The van der Waals surface area contributed by atoms with Crippen molar-refractivity contribution in [2.75, 3.05) is 0 Å². The zero-order valence-corrected chi connectivity index (χ0v) is 29.8. The quantitative estimate of drug-likeness (QED) is 0.128. The highest BCUT2D eigenvalue weighted by Gasteiger charge is 2.36. The molecule has 2 amide bonds. The van der Waals surface area contributed by atoms with Crippen molar-refractivity contribution in [3.8, 4) is 11.1 Å². The molecule has 2 N–H and O–H groups in total. The van der Waals surface area contributed by atoms with E-state index in [0.29, 0.717) is 6.42 Å². The number of carbonyl (C=O) groups is 3. The number of rotatable bonds is 15. The Labute approximate surface area is 283 Å². The van der Waals surface area contributed by atoms with E-state index >= 15 is 0 Å². The Balaban J connectivity index is 1.58. The lowest BCUT2D eigenvalue weighted by molar-refractivity contribution is -0.157. The molecule has 0 unspecified atom stereocenters. The van der Waals surface area contributed by atoms with Gasteiger partial charge in [0.1, 0.15) is 11.6 Å². The summed E-state index contributed by atoms with van der Waals surface area (Å²) < 4.78 is 5.58. The summed E-state index contributed by atoms with van der Waals surface area (Å²) >= 11 is 0. The van der Waals surface area contributed by atoms with Crippen LogP contribution in [0.15, 0.2) is 78.9 Å². The Bertz CT molecular complexity index is 1440. The number of unbranched alkanes of at least 4 members (excludes halogenated alkanes) is 3. The normalized spacial score (nSPS) is 13.7. The van der Waals surface area contributed by atoms with E-state index in [1.165, 1.54) is 22.3 Å². The molecule has 0 aliphatic heterocycles. The minimum absolute atomic E-state index is 0.0188. The molecule has 0 fully saturated rings. The first-order valence-corrected chi connectivity index (χ1v) is 17.2. The number of aryl methyl sites for hydroxylation is 2. The van der Waals surface area contributed by atoms with Gasteiger partial charge in [0.2, 0.25) is 11.8 Å². The summed E-state index contributed by atoms with van der Waals surface area (Å²) in [5.74, 6) is -1.51. The van der Waals surface area contributed by atoms with E-state index in [-0.39, 0.29) is 24.3 Å². The van der Waals surface area contributed by atoms with Gasteiger partial charge in [0.15, 0.2) is 0 Å². The van der Waals surface area contributed by atoms with Crippen LogP contribution in [-0.4, -0.2) is 29.4 Å². The summed E-state index contributed by atoms with van der Waals surface area (Å²) in [5, 5.41) is 6.09. The Morgan fingerprint density at radius 3 is 1.96 bits per heavy atom. The average Bonchev–Trinajstić information content (AvgIpc) is 3.00. The van der Waals surface area contributed by atoms with Crippen LogP contribution in [0.4, 0.5) is 0 Å². The molecule has 3 aromatic carbocycles. The molecular formula is C41H56N2O4. The molecule has 6 heteroatoms. The molecule has 0 saturated carbocycles. The van der Waals surface area contributed by atoms with Gasteiger partial charge in [-0.3, -0.25) is 14.4 Å². The Morgan fingerprint density at radius 1 is 0.745 bits per heavy atom. The molecule has 3 aromatic rings. The summed E-state index contributed by atoms with van der Waals surface area (Å²) in [6, 6.07) is 25.9. The molecule has 0 aliphatic carbocycles. The number of hydrogen-bond acceptors (Lipinski definition) is 4. The van der Waals surface area contributed by atoms with Crippen LogP contribution in [0.25, 0.3) is 11.1 Å². The molecule has 254 valence electrons. The fourth-order valence-electron chi connectivity index (χ4n) is 5.86. The van der Waals surface area contributed by atoms with Gasteiger partial charge in [-0.2, -0.15) is 0 Å². The van der Waals surface area contributed by atoms with Crippen molar-refractivity contribution >= 4 is 17.8 Å². The van der Waals surface area contributed by atoms with Crippen molar-refractivity contribution in [2.24, 2.45) is 11.3 Å². The maximum atomic E-state index is 13.7. The van der Waals surface area contributed by atoms with Crippen molar-refractivity contribution in [3.63, 3.8) is 0 Å². The fourth-order valence-corrected chi connectivity index (χ4v) is 5.86. The van der Waals surface area contributed by atoms with E-state index in [9.17, 15) is 14.4 Å². The lowest BCUT2D eigenvalue weighted by Gasteiger charge is -2.33. The van der Waals surface area contributed by atoms with E-state index in [1.54, 1.807) is 0 Å². The molecule has 0 saturated heterocycles. The van der Waals surface area contributed by atoms with Crippen molar-refractivity contribution in [2.45, 2.75) is 118 Å². The molecule has 0 aromatic heterocycles. The van der Waals surface area contributed by atoms with Gasteiger partial charge >= 0.3 is 5.97 Å². The Hall–Kier alpha value is -3.93. The first kappa shape index (κ1) is 37.5. The van der Waals surface area contributed by atoms with E-state index < -0.39 is 28.9 Å². The number of nitrogens with one attached hydrogen (secondary N) is 2. The van der Waals surface area contributed by atoms with Gasteiger partial charge in [0.25, 0.3) is 0 Å².